The number of hydrogen-bond acceptors (Lipinski definition) is 3. The van der Waals surface area contributed by atoms with Crippen LogP contribution in [0.2, 0.25) is 0 Å². The Labute approximate surface area is 115 Å². The fraction of sp³-hybridized carbons (Fsp3) is 0.833. The van der Waals surface area contributed by atoms with E-state index in [1.54, 1.807) is 4.90 Å². The number of carbonyl (C=O) groups excluding carboxylic acids is 2. The van der Waals surface area contributed by atoms with Crippen molar-refractivity contribution in [2.45, 2.75) is 26.4 Å². The van der Waals surface area contributed by atoms with E-state index >= 15 is 0 Å². The topological polar surface area (TPSA) is 49.9 Å². The van der Waals surface area contributed by atoms with Gasteiger partial charge in [-0.25, -0.2) is 4.79 Å². The predicted octanol–water partition coefficient (Wildman–Crippen LogP) is 1.88. The summed E-state index contributed by atoms with van der Waals surface area (Å²) >= 11 is 0. The van der Waals surface area contributed by atoms with Crippen molar-refractivity contribution in [2.75, 3.05) is 32.8 Å². The Kier molecular flexibility index (Phi) is 5.64. The normalized spacial score (nSPS) is 16.5. The summed E-state index contributed by atoms with van der Waals surface area (Å²) in [7, 11) is 0. The third-order valence-electron chi connectivity index (χ3n) is 2.83. The summed E-state index contributed by atoms with van der Waals surface area (Å²) in [6, 6.07) is 0. The summed E-state index contributed by atoms with van der Waals surface area (Å²) in [6.07, 6.45) is -5.08. The van der Waals surface area contributed by atoms with E-state index in [2.05, 4.69) is 4.74 Å². The Morgan fingerprint density at radius 2 is 1.60 bits per heavy atom. The smallest absolute Gasteiger partial charge is 0.422 e. The molecule has 0 unspecified atom stereocenters. The van der Waals surface area contributed by atoms with Crippen LogP contribution in [0, 0.1) is 5.92 Å². The Bertz CT molecular complexity index is 350. The van der Waals surface area contributed by atoms with Crippen LogP contribution in [0.3, 0.4) is 0 Å². The molecule has 0 aromatic rings. The number of rotatable bonds is 3. The molecule has 0 aromatic heterocycles. The van der Waals surface area contributed by atoms with Crippen LogP contribution in [0.25, 0.3) is 0 Å². The van der Waals surface area contributed by atoms with Gasteiger partial charge in [-0.05, 0) is 5.92 Å². The standard InChI is InChI=1S/C12H19F3N2O3/c1-9(2)7-10(18)16-3-5-17(6-4-16)11(19)20-8-12(13,14)15/h9H,3-8H2,1-2H3. The van der Waals surface area contributed by atoms with Gasteiger partial charge in [-0.15, -0.1) is 0 Å². The number of alkyl halides is 3. The fourth-order valence-corrected chi connectivity index (χ4v) is 1.85. The molecule has 0 spiro atoms. The molecule has 2 amide bonds. The minimum absolute atomic E-state index is 0.00306. The maximum absolute atomic E-state index is 11.9. The molecule has 1 aliphatic heterocycles. The third kappa shape index (κ3) is 5.66. The molecule has 116 valence electrons. The van der Waals surface area contributed by atoms with Gasteiger partial charge in [0.05, 0.1) is 0 Å². The van der Waals surface area contributed by atoms with Gasteiger partial charge in [0.25, 0.3) is 0 Å². The van der Waals surface area contributed by atoms with Crippen LogP contribution in [0.15, 0.2) is 0 Å². The summed E-state index contributed by atoms with van der Waals surface area (Å²) in [5.74, 6) is 0.251. The van der Waals surface area contributed by atoms with Crippen LogP contribution in [-0.2, 0) is 9.53 Å². The Hall–Kier alpha value is -1.47. The van der Waals surface area contributed by atoms with Gasteiger partial charge in [0.1, 0.15) is 0 Å². The van der Waals surface area contributed by atoms with Crippen LogP contribution >= 0.6 is 0 Å². The second-order valence-electron chi connectivity index (χ2n) is 5.14. The van der Waals surface area contributed by atoms with Gasteiger partial charge in [0, 0.05) is 32.6 Å². The van der Waals surface area contributed by atoms with Gasteiger partial charge in [-0.3, -0.25) is 4.79 Å². The van der Waals surface area contributed by atoms with Crippen molar-refractivity contribution in [3.63, 3.8) is 0 Å². The van der Waals surface area contributed by atoms with Gasteiger partial charge < -0.3 is 14.5 Å². The summed E-state index contributed by atoms with van der Waals surface area (Å²) in [4.78, 5) is 26.0. The predicted molar refractivity (Wildman–Crippen MR) is 65.0 cm³/mol. The summed E-state index contributed by atoms with van der Waals surface area (Å²) in [5.41, 5.74) is 0. The molecule has 0 radical (unpaired) electrons. The molecule has 1 saturated heterocycles. The van der Waals surface area contributed by atoms with E-state index in [1.165, 1.54) is 4.90 Å². The van der Waals surface area contributed by atoms with E-state index < -0.39 is 18.9 Å². The molecule has 0 bridgehead atoms. The van der Waals surface area contributed by atoms with Gasteiger partial charge in [0.2, 0.25) is 5.91 Å². The molecule has 0 aromatic carbocycles. The molecule has 0 atom stereocenters. The zero-order chi connectivity index (χ0) is 15.3. The first-order chi connectivity index (χ1) is 9.19. The van der Waals surface area contributed by atoms with Crippen molar-refractivity contribution in [3.05, 3.63) is 0 Å². The lowest BCUT2D eigenvalue weighted by Crippen LogP contribution is -2.51. The molecule has 20 heavy (non-hydrogen) atoms. The highest BCUT2D eigenvalue weighted by molar-refractivity contribution is 5.77. The maximum Gasteiger partial charge on any atom is 0.422 e. The van der Waals surface area contributed by atoms with E-state index in [-0.39, 0.29) is 24.9 Å². The molecular formula is C12H19F3N2O3. The van der Waals surface area contributed by atoms with Crippen molar-refractivity contribution in [1.29, 1.82) is 0 Å². The van der Waals surface area contributed by atoms with E-state index in [0.29, 0.717) is 19.5 Å². The Balaban J connectivity index is 2.34. The van der Waals surface area contributed by atoms with Crippen LogP contribution in [0.1, 0.15) is 20.3 Å². The summed E-state index contributed by atoms with van der Waals surface area (Å²) in [6.45, 7) is 3.32. The van der Waals surface area contributed by atoms with Gasteiger partial charge in [-0.2, -0.15) is 13.2 Å². The molecule has 0 saturated carbocycles. The first-order valence-corrected chi connectivity index (χ1v) is 6.45. The Morgan fingerprint density at radius 1 is 1.10 bits per heavy atom. The number of piperazine rings is 1. The van der Waals surface area contributed by atoms with Crippen LogP contribution in [-0.4, -0.2) is 60.8 Å². The minimum atomic E-state index is -4.52. The first kappa shape index (κ1) is 16.6. The second-order valence-corrected chi connectivity index (χ2v) is 5.14. The molecule has 5 nitrogen and oxygen atoms in total. The number of nitrogens with zero attached hydrogens (tertiary/aromatic N) is 2. The van der Waals surface area contributed by atoms with E-state index in [9.17, 15) is 22.8 Å². The van der Waals surface area contributed by atoms with Crippen LogP contribution < -0.4 is 0 Å². The summed E-state index contributed by atoms with van der Waals surface area (Å²) in [5, 5.41) is 0. The number of ether oxygens (including phenoxy) is 1. The Morgan fingerprint density at radius 3 is 2.05 bits per heavy atom. The fourth-order valence-electron chi connectivity index (χ4n) is 1.85. The van der Waals surface area contributed by atoms with Gasteiger partial charge in [-0.1, -0.05) is 13.8 Å². The average Bonchev–Trinajstić information content (AvgIpc) is 2.34. The molecule has 1 fully saturated rings. The van der Waals surface area contributed by atoms with E-state index in [1.807, 2.05) is 13.8 Å². The zero-order valence-electron chi connectivity index (χ0n) is 11.6. The first-order valence-electron chi connectivity index (χ1n) is 6.45. The van der Waals surface area contributed by atoms with Gasteiger partial charge >= 0.3 is 12.3 Å². The molecule has 1 aliphatic rings. The van der Waals surface area contributed by atoms with Gasteiger partial charge in [0.15, 0.2) is 6.61 Å². The molecule has 1 rings (SSSR count). The van der Waals surface area contributed by atoms with Crippen molar-refractivity contribution in [2.24, 2.45) is 5.92 Å². The minimum Gasteiger partial charge on any atom is -0.440 e. The highest BCUT2D eigenvalue weighted by Gasteiger charge is 2.32. The molecule has 8 heteroatoms. The average molecular weight is 296 g/mol. The molecule has 1 heterocycles. The SMILES string of the molecule is CC(C)CC(=O)N1CCN(C(=O)OCC(F)(F)F)CC1. The highest BCUT2D eigenvalue weighted by Crippen LogP contribution is 2.16. The monoisotopic (exact) mass is 296 g/mol. The van der Waals surface area contributed by atoms with E-state index in [4.69, 9.17) is 0 Å². The molecule has 0 aliphatic carbocycles. The summed E-state index contributed by atoms with van der Waals surface area (Å²) < 4.78 is 39.9. The van der Waals surface area contributed by atoms with Crippen molar-refractivity contribution < 1.29 is 27.5 Å². The lowest BCUT2D eigenvalue weighted by Gasteiger charge is -2.34. The number of amides is 2. The quantitative estimate of drug-likeness (QED) is 0.799. The van der Waals surface area contributed by atoms with E-state index in [0.717, 1.165) is 0 Å². The number of halogens is 3. The molecular weight excluding hydrogens is 277 g/mol. The zero-order valence-corrected chi connectivity index (χ0v) is 11.6. The number of hydrogen-bond donors (Lipinski definition) is 0. The van der Waals surface area contributed by atoms with Crippen LogP contribution in [0.5, 0.6) is 0 Å². The van der Waals surface area contributed by atoms with Crippen molar-refractivity contribution in [3.8, 4) is 0 Å². The molecule has 0 N–H and O–H groups in total. The lowest BCUT2D eigenvalue weighted by atomic mass is 10.1. The maximum atomic E-state index is 11.9. The number of carbonyl (C=O) groups is 2. The highest BCUT2D eigenvalue weighted by atomic mass is 19.4. The van der Waals surface area contributed by atoms with Crippen LogP contribution in [0.4, 0.5) is 18.0 Å². The largest absolute Gasteiger partial charge is 0.440 e. The third-order valence-corrected chi connectivity index (χ3v) is 2.83. The van der Waals surface area contributed by atoms with Crippen molar-refractivity contribution >= 4 is 12.0 Å². The lowest BCUT2D eigenvalue weighted by molar-refractivity contribution is -0.162. The second kappa shape index (κ2) is 6.81. The van der Waals surface area contributed by atoms with Crippen molar-refractivity contribution in [1.82, 2.24) is 9.80 Å².